The predicted octanol–water partition coefficient (Wildman–Crippen LogP) is 3.47. The molecule has 0 heterocycles. The van der Waals surface area contributed by atoms with E-state index in [1.807, 2.05) is 13.8 Å². The van der Waals surface area contributed by atoms with Gasteiger partial charge in [-0.1, -0.05) is 20.3 Å². The van der Waals surface area contributed by atoms with Gasteiger partial charge >= 0.3 is 0 Å². The van der Waals surface area contributed by atoms with Crippen LogP contribution in [-0.4, -0.2) is 6.21 Å². The third-order valence-corrected chi connectivity index (χ3v) is 1.27. The molecule has 11 heavy (non-hydrogen) atoms. The number of aliphatic imine (C=N–C) groups is 1. The molecule has 0 rings (SSSR count). The lowest BCUT2D eigenvalue weighted by Crippen LogP contribution is -1.74. The van der Waals surface area contributed by atoms with Crippen molar-refractivity contribution in [3.63, 3.8) is 0 Å². The molecule has 0 aromatic carbocycles. The van der Waals surface area contributed by atoms with Gasteiger partial charge in [0.25, 0.3) is 0 Å². The summed E-state index contributed by atoms with van der Waals surface area (Å²) in [6.07, 6.45) is 6.32. The van der Waals surface area contributed by atoms with E-state index in [2.05, 4.69) is 4.99 Å². The van der Waals surface area contributed by atoms with Crippen molar-refractivity contribution in [3.8, 4) is 0 Å². The molecule has 2 heteroatoms. The highest BCUT2D eigenvalue weighted by atomic mass is 19.1. The Morgan fingerprint density at radius 2 is 2.18 bits per heavy atom. The van der Waals surface area contributed by atoms with Crippen LogP contribution in [0.2, 0.25) is 0 Å². The number of allylic oxidation sites excluding steroid dienone is 1. The van der Waals surface area contributed by atoms with Crippen molar-refractivity contribution in [2.45, 2.75) is 39.5 Å². The van der Waals surface area contributed by atoms with Gasteiger partial charge < -0.3 is 0 Å². The van der Waals surface area contributed by atoms with Crippen molar-refractivity contribution in [1.82, 2.24) is 0 Å². The van der Waals surface area contributed by atoms with Gasteiger partial charge in [0.2, 0.25) is 0 Å². The zero-order chi connectivity index (χ0) is 8.53. The minimum Gasteiger partial charge on any atom is -0.266 e. The van der Waals surface area contributed by atoms with Crippen LogP contribution in [0.1, 0.15) is 39.5 Å². The molecule has 64 valence electrons. The summed E-state index contributed by atoms with van der Waals surface area (Å²) in [5.74, 6) is -0.114. The first kappa shape index (κ1) is 10.3. The first-order valence-corrected chi connectivity index (χ1v) is 4.17. The Morgan fingerprint density at radius 1 is 1.45 bits per heavy atom. The molecule has 0 atom stereocenters. The Hall–Kier alpha value is -0.660. The topological polar surface area (TPSA) is 12.4 Å². The van der Waals surface area contributed by atoms with E-state index in [0.29, 0.717) is 6.42 Å². The lowest BCUT2D eigenvalue weighted by molar-refractivity contribution is 0.567. The number of hydrogen-bond donors (Lipinski definition) is 0. The summed E-state index contributed by atoms with van der Waals surface area (Å²) in [5, 5.41) is 0. The van der Waals surface area contributed by atoms with Crippen molar-refractivity contribution in [3.05, 3.63) is 12.0 Å². The smallest absolute Gasteiger partial charge is 0.118 e. The fraction of sp³-hybridized carbons (Fsp3) is 0.667. The summed E-state index contributed by atoms with van der Waals surface area (Å²) in [4.78, 5) is 3.78. The van der Waals surface area contributed by atoms with E-state index >= 15 is 0 Å². The highest BCUT2D eigenvalue weighted by molar-refractivity contribution is 5.57. The monoisotopic (exact) mass is 157 g/mol. The molecule has 0 aliphatic carbocycles. The molecule has 0 N–H and O–H groups in total. The molecule has 0 fully saturated rings. The van der Waals surface area contributed by atoms with Crippen LogP contribution in [0, 0.1) is 0 Å². The van der Waals surface area contributed by atoms with Crippen LogP contribution in [0.4, 0.5) is 4.39 Å². The van der Waals surface area contributed by atoms with Crippen molar-refractivity contribution in [1.29, 1.82) is 0 Å². The van der Waals surface area contributed by atoms with Gasteiger partial charge in [-0.2, -0.15) is 0 Å². The molecule has 0 radical (unpaired) electrons. The summed E-state index contributed by atoms with van der Waals surface area (Å²) in [7, 11) is 0. The lowest BCUT2D eigenvalue weighted by Gasteiger charge is -1.91. The minimum atomic E-state index is -0.114. The number of rotatable bonds is 5. The molecule has 0 saturated carbocycles. The first-order valence-electron chi connectivity index (χ1n) is 4.17. The van der Waals surface area contributed by atoms with Crippen LogP contribution >= 0.6 is 0 Å². The van der Waals surface area contributed by atoms with E-state index in [-0.39, 0.29) is 5.83 Å². The van der Waals surface area contributed by atoms with Gasteiger partial charge in [-0.3, -0.25) is 4.99 Å². The number of nitrogens with zero attached hydrogens (tertiary/aromatic N) is 1. The molecule has 0 spiro atoms. The third kappa shape index (κ3) is 7.23. The van der Waals surface area contributed by atoms with Gasteiger partial charge in [0.15, 0.2) is 0 Å². The third-order valence-electron chi connectivity index (χ3n) is 1.27. The molecule has 0 saturated heterocycles. The second-order valence-corrected chi connectivity index (χ2v) is 2.42. The SMILES string of the molecule is CC/C=N\C=C(\F)CCCC. The van der Waals surface area contributed by atoms with Crippen molar-refractivity contribution < 1.29 is 4.39 Å². The van der Waals surface area contributed by atoms with E-state index in [1.165, 1.54) is 6.20 Å². The molecular formula is C9H16FN. The lowest BCUT2D eigenvalue weighted by atomic mass is 10.2. The van der Waals surface area contributed by atoms with Gasteiger partial charge in [0, 0.05) is 12.6 Å². The zero-order valence-corrected chi connectivity index (χ0v) is 7.31. The Kier molecular flexibility index (Phi) is 7.00. The number of halogens is 1. The summed E-state index contributed by atoms with van der Waals surface area (Å²) in [6.45, 7) is 4.02. The fourth-order valence-electron chi connectivity index (χ4n) is 0.649. The van der Waals surface area contributed by atoms with Crippen molar-refractivity contribution >= 4 is 6.21 Å². The maximum absolute atomic E-state index is 12.7. The maximum Gasteiger partial charge on any atom is 0.118 e. The van der Waals surface area contributed by atoms with E-state index in [9.17, 15) is 4.39 Å². The van der Waals surface area contributed by atoms with Gasteiger partial charge in [0.05, 0.1) is 6.20 Å². The molecule has 0 bridgehead atoms. The van der Waals surface area contributed by atoms with Crippen LogP contribution in [0.3, 0.4) is 0 Å². The molecule has 1 nitrogen and oxygen atoms in total. The fourth-order valence-corrected chi connectivity index (χ4v) is 0.649. The average molecular weight is 157 g/mol. The van der Waals surface area contributed by atoms with E-state index in [0.717, 1.165) is 19.3 Å². The normalized spacial score (nSPS) is 12.8. The standard InChI is InChI=1S/C9H16FN/c1-3-5-6-9(10)8-11-7-4-2/h7-8H,3-6H2,1-2H3/b9-8+,11-7-. The van der Waals surface area contributed by atoms with Crippen LogP contribution in [-0.2, 0) is 0 Å². The summed E-state index contributed by atoms with van der Waals surface area (Å²) in [5.41, 5.74) is 0. The highest BCUT2D eigenvalue weighted by Gasteiger charge is 1.90. The van der Waals surface area contributed by atoms with Gasteiger partial charge in [-0.05, 0) is 12.8 Å². The number of unbranched alkanes of at least 4 members (excludes halogenated alkanes) is 1. The van der Waals surface area contributed by atoms with Crippen LogP contribution in [0.15, 0.2) is 17.0 Å². The quantitative estimate of drug-likeness (QED) is 0.542. The summed E-state index contributed by atoms with van der Waals surface area (Å²) < 4.78 is 12.7. The maximum atomic E-state index is 12.7. The van der Waals surface area contributed by atoms with E-state index in [4.69, 9.17) is 0 Å². The van der Waals surface area contributed by atoms with E-state index in [1.54, 1.807) is 6.21 Å². The average Bonchev–Trinajstić information content (AvgIpc) is 2.01. The Labute approximate surface area is 68.0 Å². The predicted molar refractivity (Wildman–Crippen MR) is 47.5 cm³/mol. The second kappa shape index (κ2) is 7.45. The second-order valence-electron chi connectivity index (χ2n) is 2.42. The van der Waals surface area contributed by atoms with Crippen molar-refractivity contribution in [2.24, 2.45) is 4.99 Å². The largest absolute Gasteiger partial charge is 0.266 e. The van der Waals surface area contributed by atoms with Gasteiger partial charge in [0.1, 0.15) is 5.83 Å². The van der Waals surface area contributed by atoms with Gasteiger partial charge in [-0.15, -0.1) is 0 Å². The number of hydrogen-bond acceptors (Lipinski definition) is 1. The minimum absolute atomic E-state index is 0.114. The molecule has 0 aromatic heterocycles. The molecule has 0 aliphatic rings. The van der Waals surface area contributed by atoms with Crippen LogP contribution in [0.5, 0.6) is 0 Å². The van der Waals surface area contributed by atoms with Crippen LogP contribution < -0.4 is 0 Å². The van der Waals surface area contributed by atoms with E-state index < -0.39 is 0 Å². The van der Waals surface area contributed by atoms with Crippen molar-refractivity contribution in [2.75, 3.05) is 0 Å². The highest BCUT2D eigenvalue weighted by Crippen LogP contribution is 2.07. The molecule has 0 unspecified atom stereocenters. The van der Waals surface area contributed by atoms with Crippen LogP contribution in [0.25, 0.3) is 0 Å². The molecular weight excluding hydrogens is 141 g/mol. The first-order chi connectivity index (χ1) is 5.31. The Bertz CT molecular complexity index is 138. The molecule has 0 aromatic rings. The zero-order valence-electron chi connectivity index (χ0n) is 7.31. The Balaban J connectivity index is 3.53. The summed E-state index contributed by atoms with van der Waals surface area (Å²) in [6, 6.07) is 0. The molecule has 0 aliphatic heterocycles. The Morgan fingerprint density at radius 3 is 2.73 bits per heavy atom. The van der Waals surface area contributed by atoms with Gasteiger partial charge in [-0.25, -0.2) is 4.39 Å². The molecule has 0 amide bonds. The summed E-state index contributed by atoms with van der Waals surface area (Å²) >= 11 is 0.